The van der Waals surface area contributed by atoms with Gasteiger partial charge >= 0.3 is 5.97 Å². The molecular weight excluding hydrogens is 457 g/mol. The zero-order valence-corrected chi connectivity index (χ0v) is 18.8. The number of nitrogens with one attached hydrogen (secondary N) is 2. The highest BCUT2D eigenvalue weighted by atomic mass is 32.2. The highest BCUT2D eigenvalue weighted by molar-refractivity contribution is 7.89. The first-order valence-electron chi connectivity index (χ1n) is 9.97. The number of nitro benzene ring substituents is 1. The van der Waals surface area contributed by atoms with Crippen molar-refractivity contribution in [2.75, 3.05) is 6.54 Å². The Bertz CT molecular complexity index is 1110. The van der Waals surface area contributed by atoms with Gasteiger partial charge in [0.2, 0.25) is 15.9 Å². The van der Waals surface area contributed by atoms with Gasteiger partial charge in [-0.05, 0) is 38.1 Å². The molecule has 178 valence electrons. The van der Waals surface area contributed by atoms with Crippen molar-refractivity contribution in [2.24, 2.45) is 0 Å². The molecule has 1 atom stereocenters. The minimum Gasteiger partial charge on any atom is -0.463 e. The van der Waals surface area contributed by atoms with Crippen molar-refractivity contribution in [1.82, 2.24) is 10.0 Å². The summed E-state index contributed by atoms with van der Waals surface area (Å²) in [5.74, 6) is -1.90. The van der Waals surface area contributed by atoms with E-state index in [1.807, 2.05) is 0 Å². The second-order valence-corrected chi connectivity index (χ2v) is 9.05. The maximum absolute atomic E-state index is 13.0. The monoisotopic (exact) mass is 481 g/mol. The van der Waals surface area contributed by atoms with Crippen LogP contribution in [0.1, 0.15) is 38.3 Å². The number of esters is 1. The van der Waals surface area contributed by atoms with Crippen molar-refractivity contribution in [3.8, 4) is 0 Å². The van der Waals surface area contributed by atoms with Crippen LogP contribution in [-0.2, 0) is 24.3 Å². The number of sulfonamides is 1. The standard InChI is InChI=1S/C21H24FN3O7S/c1-14(2)32-21(27)13-18(17-5-3-4-6-19(17)25(28)29)24-20(26)11-12-23-33(30,31)16-9-7-15(22)8-10-16/h3-10,14,18,23H,11-13H2,1-2H3,(H,24,26). The number of hydrogen-bond acceptors (Lipinski definition) is 7. The first kappa shape index (κ1) is 25.9. The van der Waals surface area contributed by atoms with E-state index in [1.54, 1.807) is 13.8 Å². The maximum atomic E-state index is 13.0. The van der Waals surface area contributed by atoms with Gasteiger partial charge in [-0.3, -0.25) is 19.7 Å². The zero-order chi connectivity index (χ0) is 24.6. The minimum atomic E-state index is -3.96. The number of halogens is 1. The molecule has 12 heteroatoms. The minimum absolute atomic E-state index is 0.114. The maximum Gasteiger partial charge on any atom is 0.308 e. The van der Waals surface area contributed by atoms with Gasteiger partial charge in [0, 0.05) is 19.0 Å². The summed E-state index contributed by atoms with van der Waals surface area (Å²) in [6, 6.07) is 8.76. The largest absolute Gasteiger partial charge is 0.463 e. The second-order valence-electron chi connectivity index (χ2n) is 7.28. The number of amides is 1. The van der Waals surface area contributed by atoms with E-state index in [2.05, 4.69) is 10.0 Å². The molecule has 0 aliphatic carbocycles. The molecule has 2 aromatic carbocycles. The molecule has 0 radical (unpaired) electrons. The van der Waals surface area contributed by atoms with Crippen LogP contribution in [0.4, 0.5) is 10.1 Å². The van der Waals surface area contributed by atoms with Gasteiger partial charge in [-0.15, -0.1) is 0 Å². The Balaban J connectivity index is 2.09. The molecular formula is C21H24FN3O7S. The third-order valence-corrected chi connectivity index (χ3v) is 5.83. The van der Waals surface area contributed by atoms with Gasteiger partial charge in [0.05, 0.1) is 33.9 Å². The van der Waals surface area contributed by atoms with E-state index in [4.69, 9.17) is 4.74 Å². The van der Waals surface area contributed by atoms with Crippen LogP contribution >= 0.6 is 0 Å². The molecule has 10 nitrogen and oxygen atoms in total. The molecule has 2 N–H and O–H groups in total. The van der Waals surface area contributed by atoms with Gasteiger partial charge in [0.1, 0.15) is 5.82 Å². The number of benzene rings is 2. The van der Waals surface area contributed by atoms with Crippen LogP contribution in [0, 0.1) is 15.9 Å². The number of carbonyl (C=O) groups excluding carboxylic acids is 2. The Hall–Kier alpha value is -3.38. The number of hydrogen-bond donors (Lipinski definition) is 2. The lowest BCUT2D eigenvalue weighted by Crippen LogP contribution is -2.34. The Morgan fingerprint density at radius 1 is 1.12 bits per heavy atom. The smallest absolute Gasteiger partial charge is 0.308 e. The number of carbonyl (C=O) groups is 2. The highest BCUT2D eigenvalue weighted by Crippen LogP contribution is 2.27. The lowest BCUT2D eigenvalue weighted by Gasteiger charge is -2.19. The van der Waals surface area contributed by atoms with Crippen molar-refractivity contribution in [1.29, 1.82) is 0 Å². The second kappa shape index (κ2) is 11.5. The summed E-state index contributed by atoms with van der Waals surface area (Å²) in [4.78, 5) is 35.2. The predicted octanol–water partition coefficient (Wildman–Crippen LogP) is 2.60. The fourth-order valence-electron chi connectivity index (χ4n) is 2.93. The molecule has 0 aliphatic rings. The number of nitro groups is 1. The summed E-state index contributed by atoms with van der Waals surface area (Å²) in [6.45, 7) is 3.00. The molecule has 0 saturated heterocycles. The zero-order valence-electron chi connectivity index (χ0n) is 18.0. The fraction of sp³-hybridized carbons (Fsp3) is 0.333. The Kier molecular flexibility index (Phi) is 9.00. The Morgan fingerprint density at radius 3 is 2.36 bits per heavy atom. The summed E-state index contributed by atoms with van der Waals surface area (Å²) >= 11 is 0. The number of para-hydroxylation sites is 1. The van der Waals surface area contributed by atoms with Crippen LogP contribution < -0.4 is 10.0 Å². The fourth-order valence-corrected chi connectivity index (χ4v) is 3.96. The van der Waals surface area contributed by atoms with Crippen molar-refractivity contribution in [3.05, 3.63) is 70.0 Å². The van der Waals surface area contributed by atoms with Crippen LogP contribution in [0.3, 0.4) is 0 Å². The summed E-state index contributed by atoms with van der Waals surface area (Å²) in [5.41, 5.74) is -0.166. The van der Waals surface area contributed by atoms with E-state index in [-0.39, 0.29) is 35.5 Å². The van der Waals surface area contributed by atoms with Crippen LogP contribution in [0.2, 0.25) is 0 Å². The molecule has 0 fully saturated rings. The van der Waals surface area contributed by atoms with E-state index in [0.717, 1.165) is 24.3 Å². The predicted molar refractivity (Wildman–Crippen MR) is 116 cm³/mol. The van der Waals surface area contributed by atoms with Crippen molar-refractivity contribution in [3.63, 3.8) is 0 Å². The first-order valence-corrected chi connectivity index (χ1v) is 11.5. The summed E-state index contributed by atoms with van der Waals surface area (Å²) < 4.78 is 44.8. The molecule has 0 saturated carbocycles. The van der Waals surface area contributed by atoms with E-state index in [9.17, 15) is 32.5 Å². The topological polar surface area (TPSA) is 145 Å². The molecule has 33 heavy (non-hydrogen) atoms. The molecule has 2 aromatic rings. The average Bonchev–Trinajstić information content (AvgIpc) is 2.72. The molecule has 0 aromatic heterocycles. The molecule has 1 unspecified atom stereocenters. The molecule has 0 aliphatic heterocycles. The van der Waals surface area contributed by atoms with E-state index < -0.39 is 44.8 Å². The van der Waals surface area contributed by atoms with Crippen molar-refractivity contribution < 1.29 is 32.1 Å². The van der Waals surface area contributed by atoms with Crippen LogP contribution in [0.25, 0.3) is 0 Å². The lowest BCUT2D eigenvalue weighted by atomic mass is 10.0. The molecule has 1 amide bonds. The van der Waals surface area contributed by atoms with Crippen LogP contribution in [0.15, 0.2) is 53.4 Å². The highest BCUT2D eigenvalue weighted by Gasteiger charge is 2.26. The first-order chi connectivity index (χ1) is 15.5. The van der Waals surface area contributed by atoms with Gasteiger partial charge in [-0.2, -0.15) is 0 Å². The quantitative estimate of drug-likeness (QED) is 0.285. The molecule has 0 spiro atoms. The van der Waals surface area contributed by atoms with E-state index >= 15 is 0 Å². The van der Waals surface area contributed by atoms with Gasteiger partial charge < -0.3 is 10.1 Å². The normalized spacial score (nSPS) is 12.2. The van der Waals surface area contributed by atoms with Gasteiger partial charge in [-0.25, -0.2) is 17.5 Å². The van der Waals surface area contributed by atoms with Gasteiger partial charge in [0.15, 0.2) is 0 Å². The molecule has 2 rings (SSSR count). The van der Waals surface area contributed by atoms with E-state index in [0.29, 0.717) is 0 Å². The summed E-state index contributed by atoms with van der Waals surface area (Å²) in [7, 11) is -3.96. The van der Waals surface area contributed by atoms with Crippen molar-refractivity contribution >= 4 is 27.6 Å². The molecule has 0 heterocycles. The number of ether oxygens (including phenoxy) is 1. The Labute approximate surface area is 190 Å². The SMILES string of the molecule is CC(C)OC(=O)CC(NC(=O)CCNS(=O)(=O)c1ccc(F)cc1)c1ccccc1[N+](=O)[O-]. The third-order valence-electron chi connectivity index (χ3n) is 4.35. The van der Waals surface area contributed by atoms with Crippen molar-refractivity contribution in [2.45, 2.75) is 43.7 Å². The molecule has 0 bridgehead atoms. The number of nitrogens with zero attached hydrogens (tertiary/aromatic N) is 1. The lowest BCUT2D eigenvalue weighted by molar-refractivity contribution is -0.385. The van der Waals surface area contributed by atoms with Crippen LogP contribution in [-0.4, -0.2) is 37.9 Å². The van der Waals surface area contributed by atoms with Gasteiger partial charge in [0.25, 0.3) is 5.69 Å². The Morgan fingerprint density at radius 2 is 1.76 bits per heavy atom. The third kappa shape index (κ3) is 7.91. The average molecular weight is 482 g/mol. The van der Waals surface area contributed by atoms with Crippen LogP contribution in [0.5, 0.6) is 0 Å². The summed E-state index contributed by atoms with van der Waals surface area (Å²) in [5, 5.41) is 13.9. The van der Waals surface area contributed by atoms with E-state index in [1.165, 1.54) is 24.3 Å². The number of rotatable bonds is 11. The summed E-state index contributed by atoms with van der Waals surface area (Å²) in [6.07, 6.45) is -1.08. The van der Waals surface area contributed by atoms with Gasteiger partial charge in [-0.1, -0.05) is 18.2 Å².